The first kappa shape index (κ1) is 37.4. The predicted octanol–water partition coefficient (Wildman–Crippen LogP) is 13.7. The summed E-state index contributed by atoms with van der Waals surface area (Å²) >= 11 is 3.63. The molecule has 296 valence electrons. The Bertz CT molecular complexity index is 3630. The van der Waals surface area contributed by atoms with E-state index in [-0.39, 0.29) is 6.85 Å². The molecule has 2 aliphatic rings. The Kier molecular flexibility index (Phi) is 8.17. The molecule has 2 aromatic heterocycles. The molecule has 3 nitrogen and oxygen atoms in total. The van der Waals surface area contributed by atoms with Crippen molar-refractivity contribution in [2.75, 3.05) is 12.5 Å². The Hall–Kier alpha value is -6.39. The lowest BCUT2D eigenvalue weighted by molar-refractivity contribution is 1.17. The molecule has 8 aromatic carbocycles. The Morgan fingerprint density at radius 2 is 1.11 bits per heavy atom. The summed E-state index contributed by atoms with van der Waals surface area (Å²) in [5.74, 6) is 0. The quantitative estimate of drug-likeness (QED) is 0.128. The standard InChI is InChI=1S/C56H42BN3S2/c1-30-10-8-11-31(2)51(30)37-18-20-49-42(22-37)44-23-38(52-32(3)12-9-13-33(52)4)24-46-53-34(5)41(36-16-14-35(29-58)15-17-36)28-50-54(53)57(60(49)55(44)46)47-27-40(62-7)26-45-43-25-39(61-6)19-21-48(43)59(50)56(45)47/h8-28H,1-7H3. The SMILES string of the molecule is CSc1ccc2c(c1)c1cc(SC)cc3c1n2-c1cc(-c2ccc(C#N)cc2)c(C)c2c1B3n1c3ccc(-c4c(C)cccc4C)cc3c3cc(-c4c(C)cccc4C)cc-2c31. The van der Waals surface area contributed by atoms with Gasteiger partial charge in [-0.25, -0.2) is 0 Å². The van der Waals surface area contributed by atoms with Crippen molar-refractivity contribution in [3.8, 4) is 56.3 Å². The maximum atomic E-state index is 9.81. The van der Waals surface area contributed by atoms with Crippen LogP contribution in [-0.2, 0) is 0 Å². The maximum absolute atomic E-state index is 9.81. The molecular formula is C56H42BN3S2. The second-order valence-electron chi connectivity index (χ2n) is 17.3. The summed E-state index contributed by atoms with van der Waals surface area (Å²) in [6.07, 6.45) is 4.38. The third-order valence-corrected chi connectivity index (χ3v) is 15.4. The summed E-state index contributed by atoms with van der Waals surface area (Å²) in [7, 11) is 0. The van der Waals surface area contributed by atoms with Crippen molar-refractivity contribution >= 4 is 84.9 Å². The van der Waals surface area contributed by atoms with E-state index in [1.807, 2.05) is 23.9 Å². The summed E-state index contributed by atoms with van der Waals surface area (Å²) < 4.78 is 5.29. The number of hydrogen-bond acceptors (Lipinski definition) is 3. The number of aromatic nitrogens is 2. The summed E-state index contributed by atoms with van der Waals surface area (Å²) in [6.45, 7) is 11.2. The molecule has 12 rings (SSSR count). The Balaban J connectivity index is 1.31. The van der Waals surface area contributed by atoms with Gasteiger partial charge >= 0.3 is 6.85 Å². The van der Waals surface area contributed by atoms with Gasteiger partial charge in [-0.15, -0.1) is 23.5 Å². The monoisotopic (exact) mass is 831 g/mol. The molecule has 10 aromatic rings. The Morgan fingerprint density at radius 1 is 0.516 bits per heavy atom. The van der Waals surface area contributed by atoms with Crippen molar-refractivity contribution in [1.82, 2.24) is 9.05 Å². The van der Waals surface area contributed by atoms with Crippen molar-refractivity contribution < 1.29 is 0 Å². The zero-order chi connectivity index (χ0) is 42.3. The summed E-state index contributed by atoms with van der Waals surface area (Å²) in [4.78, 5) is 2.54. The Morgan fingerprint density at radius 3 is 1.79 bits per heavy atom. The fourth-order valence-corrected chi connectivity index (χ4v) is 12.3. The second-order valence-corrected chi connectivity index (χ2v) is 19.1. The van der Waals surface area contributed by atoms with E-state index in [0.717, 1.165) is 5.56 Å². The zero-order valence-corrected chi connectivity index (χ0v) is 37.5. The van der Waals surface area contributed by atoms with Crippen LogP contribution in [0.4, 0.5) is 0 Å². The van der Waals surface area contributed by atoms with Crippen molar-refractivity contribution in [3.05, 3.63) is 161 Å². The van der Waals surface area contributed by atoms with Crippen LogP contribution in [0.3, 0.4) is 0 Å². The van der Waals surface area contributed by atoms with Gasteiger partial charge in [0.15, 0.2) is 0 Å². The number of hydrogen-bond donors (Lipinski definition) is 0. The van der Waals surface area contributed by atoms with Crippen LogP contribution in [0.2, 0.25) is 0 Å². The van der Waals surface area contributed by atoms with Crippen LogP contribution in [-0.4, -0.2) is 28.4 Å². The van der Waals surface area contributed by atoms with E-state index in [1.165, 1.54) is 137 Å². The number of thioether (sulfide) groups is 2. The van der Waals surface area contributed by atoms with Crippen LogP contribution >= 0.6 is 23.5 Å². The first-order valence-electron chi connectivity index (χ1n) is 21.3. The fraction of sp³-hybridized carbons (Fsp3) is 0.125. The van der Waals surface area contributed by atoms with Crippen LogP contribution in [0, 0.1) is 45.9 Å². The summed E-state index contributed by atoms with van der Waals surface area (Å²) in [5, 5.41) is 15.0. The van der Waals surface area contributed by atoms with E-state index < -0.39 is 0 Å². The molecule has 0 amide bonds. The first-order valence-corrected chi connectivity index (χ1v) is 23.8. The average Bonchev–Trinajstić information content (AvgIpc) is 3.79. The summed E-state index contributed by atoms with van der Waals surface area (Å²) in [5.41, 5.74) is 26.0. The molecule has 0 fully saturated rings. The van der Waals surface area contributed by atoms with E-state index >= 15 is 0 Å². The highest BCUT2D eigenvalue weighted by atomic mass is 32.2. The lowest BCUT2D eigenvalue weighted by Gasteiger charge is -2.36. The van der Waals surface area contributed by atoms with E-state index in [2.05, 4.69) is 178 Å². The molecule has 62 heavy (non-hydrogen) atoms. The Labute approximate surface area is 371 Å². The number of benzene rings is 8. The van der Waals surface area contributed by atoms with Crippen LogP contribution in [0.5, 0.6) is 0 Å². The lowest BCUT2D eigenvalue weighted by Crippen LogP contribution is -2.55. The minimum Gasteiger partial charge on any atom is -0.375 e. The number of rotatable bonds is 5. The van der Waals surface area contributed by atoms with Crippen LogP contribution in [0.25, 0.3) is 93.8 Å². The van der Waals surface area contributed by atoms with Gasteiger partial charge in [-0.3, -0.25) is 0 Å². The molecule has 0 atom stereocenters. The van der Waals surface area contributed by atoms with Gasteiger partial charge in [0, 0.05) is 53.6 Å². The largest absolute Gasteiger partial charge is 0.375 e. The van der Waals surface area contributed by atoms with E-state index in [0.29, 0.717) is 5.56 Å². The smallest absolute Gasteiger partial charge is 0.333 e. The second kappa shape index (κ2) is 13.6. The normalized spacial score (nSPS) is 12.5. The predicted molar refractivity (Wildman–Crippen MR) is 268 cm³/mol. The number of fused-ring (bicyclic) bond motifs is 10. The third kappa shape index (κ3) is 5.04. The van der Waals surface area contributed by atoms with Crippen molar-refractivity contribution in [3.63, 3.8) is 0 Å². The first-order chi connectivity index (χ1) is 30.2. The number of aryl methyl sites for hydroxylation is 4. The minimum atomic E-state index is -0.0651. The fourth-order valence-electron chi connectivity index (χ4n) is 11.4. The third-order valence-electron chi connectivity index (χ3n) is 14.0. The average molecular weight is 832 g/mol. The van der Waals surface area contributed by atoms with Gasteiger partial charge in [-0.05, 0) is 198 Å². The lowest BCUT2D eigenvalue weighted by atomic mass is 9.45. The van der Waals surface area contributed by atoms with Gasteiger partial charge in [0.05, 0.1) is 22.7 Å². The van der Waals surface area contributed by atoms with Gasteiger partial charge < -0.3 is 9.05 Å². The van der Waals surface area contributed by atoms with Gasteiger partial charge in [0.1, 0.15) is 0 Å². The summed E-state index contributed by atoms with van der Waals surface area (Å²) in [6, 6.07) is 50.5. The molecule has 0 bridgehead atoms. The van der Waals surface area contributed by atoms with Gasteiger partial charge in [-0.1, -0.05) is 54.6 Å². The molecule has 0 aliphatic carbocycles. The highest BCUT2D eigenvalue weighted by molar-refractivity contribution is 7.98. The molecule has 0 saturated carbocycles. The molecule has 0 spiro atoms. The van der Waals surface area contributed by atoms with Crippen molar-refractivity contribution in [2.45, 2.75) is 44.4 Å². The number of nitriles is 1. The van der Waals surface area contributed by atoms with E-state index in [4.69, 9.17) is 0 Å². The molecule has 0 radical (unpaired) electrons. The topological polar surface area (TPSA) is 33.6 Å². The van der Waals surface area contributed by atoms with Gasteiger partial charge in [0.25, 0.3) is 0 Å². The molecule has 4 heterocycles. The van der Waals surface area contributed by atoms with E-state index in [1.54, 1.807) is 11.8 Å². The molecule has 0 unspecified atom stereocenters. The highest BCUT2D eigenvalue weighted by Gasteiger charge is 2.43. The highest BCUT2D eigenvalue weighted by Crippen LogP contribution is 2.49. The minimum absolute atomic E-state index is 0.0651. The molecular weight excluding hydrogens is 790 g/mol. The van der Waals surface area contributed by atoms with Crippen LogP contribution in [0.1, 0.15) is 33.4 Å². The molecule has 0 N–H and O–H groups in total. The maximum Gasteiger partial charge on any atom is 0.333 e. The van der Waals surface area contributed by atoms with Crippen molar-refractivity contribution in [1.29, 1.82) is 5.26 Å². The molecule has 2 aliphatic heterocycles. The van der Waals surface area contributed by atoms with Crippen LogP contribution < -0.4 is 10.9 Å². The number of nitrogens with zero attached hydrogens (tertiary/aromatic N) is 3. The molecule has 6 heteroatoms. The van der Waals surface area contributed by atoms with Gasteiger partial charge in [0.2, 0.25) is 0 Å². The zero-order valence-electron chi connectivity index (χ0n) is 35.9. The molecule has 0 saturated heterocycles. The van der Waals surface area contributed by atoms with Crippen molar-refractivity contribution in [2.24, 2.45) is 0 Å². The van der Waals surface area contributed by atoms with E-state index in [9.17, 15) is 5.26 Å². The van der Waals surface area contributed by atoms with Gasteiger partial charge in [-0.2, -0.15) is 5.26 Å². The van der Waals surface area contributed by atoms with Crippen LogP contribution in [0.15, 0.2) is 137 Å².